The van der Waals surface area contributed by atoms with Crippen molar-refractivity contribution >= 4 is 22.8 Å². The van der Waals surface area contributed by atoms with Crippen molar-refractivity contribution in [3.05, 3.63) is 83.9 Å². The Morgan fingerprint density at radius 2 is 1.86 bits per heavy atom. The summed E-state index contributed by atoms with van der Waals surface area (Å²) in [6, 6.07) is 13.9. The van der Waals surface area contributed by atoms with Gasteiger partial charge in [-0.3, -0.25) is 14.8 Å². The number of carbonyl (C=O) groups is 2. The maximum atomic E-state index is 12.1. The molecule has 0 radical (unpaired) electrons. The van der Waals surface area contributed by atoms with Crippen LogP contribution in [0.4, 0.5) is 4.79 Å². The number of pyridine rings is 2. The largest absolute Gasteiger partial charge is 0.444 e. The maximum absolute atomic E-state index is 12.1. The Hall–Kier alpha value is -3.80. The highest BCUT2D eigenvalue weighted by Crippen LogP contribution is 2.28. The van der Waals surface area contributed by atoms with E-state index in [1.165, 1.54) is 6.92 Å². The topological polar surface area (TPSA) is 81.2 Å². The molecule has 6 nitrogen and oxygen atoms in total. The average molecular weight is 472 g/mol. The number of hydrogen-bond acceptors (Lipinski definition) is 5. The lowest BCUT2D eigenvalue weighted by Gasteiger charge is -2.19. The standard InChI is InChI=1S/C29H33N3O3/c1-6-11-21(19-31-28(34)35-29(3,4)5)12-10-15-25-23(22-13-8-7-9-14-22)18-24-26(32-25)16-17-30-27(24)20(2)33/h7-14,16-18H,6,15,19H2,1-5H3,(H,31,34)/b12-10-,21-11+. The van der Waals surface area contributed by atoms with Gasteiger partial charge in [-0.15, -0.1) is 0 Å². The number of alkyl carbamates (subject to hydrolysis) is 1. The number of fused-ring (bicyclic) bond motifs is 1. The number of amides is 1. The molecule has 2 aromatic heterocycles. The predicted octanol–water partition coefficient (Wildman–Crippen LogP) is 6.46. The molecule has 2 heterocycles. The quantitative estimate of drug-likeness (QED) is 0.301. The van der Waals surface area contributed by atoms with E-state index >= 15 is 0 Å². The van der Waals surface area contributed by atoms with Crippen molar-refractivity contribution in [2.24, 2.45) is 0 Å². The van der Waals surface area contributed by atoms with E-state index in [2.05, 4.69) is 23.3 Å². The van der Waals surface area contributed by atoms with E-state index in [0.717, 1.165) is 39.7 Å². The zero-order valence-corrected chi connectivity index (χ0v) is 21.1. The van der Waals surface area contributed by atoms with Crippen molar-refractivity contribution in [2.45, 2.75) is 53.1 Å². The van der Waals surface area contributed by atoms with Gasteiger partial charge in [0.2, 0.25) is 0 Å². The van der Waals surface area contributed by atoms with Crippen LogP contribution in [0.15, 0.2) is 72.5 Å². The molecule has 3 aromatic rings. The van der Waals surface area contributed by atoms with Crippen LogP contribution in [-0.2, 0) is 11.2 Å². The van der Waals surface area contributed by atoms with E-state index in [1.807, 2.05) is 75.4 Å². The first-order valence-electron chi connectivity index (χ1n) is 11.9. The van der Waals surface area contributed by atoms with E-state index in [9.17, 15) is 9.59 Å². The van der Waals surface area contributed by atoms with Crippen LogP contribution in [0.25, 0.3) is 22.0 Å². The molecule has 1 amide bonds. The Morgan fingerprint density at radius 1 is 1.11 bits per heavy atom. The molecule has 0 atom stereocenters. The van der Waals surface area contributed by atoms with Gasteiger partial charge >= 0.3 is 6.09 Å². The molecule has 0 spiro atoms. The summed E-state index contributed by atoms with van der Waals surface area (Å²) in [6.07, 6.45) is 8.75. The molecule has 1 N–H and O–H groups in total. The van der Waals surface area contributed by atoms with Crippen molar-refractivity contribution in [3.63, 3.8) is 0 Å². The third kappa shape index (κ3) is 7.34. The van der Waals surface area contributed by atoms with Gasteiger partial charge in [0.25, 0.3) is 0 Å². The Kier molecular flexibility index (Phi) is 8.53. The Bertz CT molecular complexity index is 1260. The third-order valence-corrected chi connectivity index (χ3v) is 5.19. The average Bonchev–Trinajstić information content (AvgIpc) is 2.81. The number of nitrogens with zero attached hydrogens (tertiary/aromatic N) is 2. The van der Waals surface area contributed by atoms with Crippen LogP contribution >= 0.6 is 0 Å². The van der Waals surface area contributed by atoms with Crippen LogP contribution in [0.2, 0.25) is 0 Å². The number of nitrogens with one attached hydrogen (secondary N) is 1. The van der Waals surface area contributed by atoms with E-state index in [4.69, 9.17) is 9.72 Å². The molecule has 182 valence electrons. The number of aromatic nitrogens is 2. The molecular weight excluding hydrogens is 438 g/mol. The molecule has 1 aromatic carbocycles. The van der Waals surface area contributed by atoms with Crippen molar-refractivity contribution in [1.82, 2.24) is 15.3 Å². The summed E-state index contributed by atoms with van der Waals surface area (Å²) in [7, 11) is 0. The van der Waals surface area contributed by atoms with Gasteiger partial charge in [0.05, 0.1) is 11.2 Å². The van der Waals surface area contributed by atoms with Crippen LogP contribution in [0.1, 0.15) is 57.2 Å². The fourth-order valence-corrected chi connectivity index (χ4v) is 3.71. The Balaban J connectivity index is 1.88. The minimum absolute atomic E-state index is 0.0871. The van der Waals surface area contributed by atoms with Crippen LogP contribution in [0.3, 0.4) is 0 Å². The second-order valence-corrected chi connectivity index (χ2v) is 9.28. The lowest BCUT2D eigenvalue weighted by Crippen LogP contribution is -2.33. The Morgan fingerprint density at radius 3 is 2.51 bits per heavy atom. The van der Waals surface area contributed by atoms with Crippen molar-refractivity contribution in [2.75, 3.05) is 6.54 Å². The highest BCUT2D eigenvalue weighted by molar-refractivity contribution is 6.05. The number of carbonyl (C=O) groups excluding carboxylic acids is 2. The molecule has 0 saturated carbocycles. The molecule has 0 saturated heterocycles. The zero-order valence-electron chi connectivity index (χ0n) is 21.1. The number of ether oxygens (including phenoxy) is 1. The number of ketones is 1. The van der Waals surface area contributed by atoms with Gasteiger partial charge < -0.3 is 10.1 Å². The first kappa shape index (κ1) is 25.8. The van der Waals surface area contributed by atoms with Crippen LogP contribution in [0.5, 0.6) is 0 Å². The molecule has 35 heavy (non-hydrogen) atoms. The van der Waals surface area contributed by atoms with Crippen molar-refractivity contribution in [3.8, 4) is 11.1 Å². The minimum Gasteiger partial charge on any atom is -0.444 e. The van der Waals surface area contributed by atoms with Gasteiger partial charge in [-0.1, -0.05) is 55.5 Å². The maximum Gasteiger partial charge on any atom is 0.407 e. The SMILES string of the molecule is CC/C=C(\C=C/Cc1nc2ccnc(C(C)=O)c2cc1-c1ccccc1)CNC(=O)OC(C)(C)C. The van der Waals surface area contributed by atoms with E-state index in [0.29, 0.717) is 18.7 Å². The lowest BCUT2D eigenvalue weighted by molar-refractivity contribution is 0.0533. The monoisotopic (exact) mass is 471 g/mol. The van der Waals surface area contributed by atoms with Crippen molar-refractivity contribution in [1.29, 1.82) is 0 Å². The van der Waals surface area contributed by atoms with Crippen LogP contribution in [-0.4, -0.2) is 34.0 Å². The highest BCUT2D eigenvalue weighted by Gasteiger charge is 2.16. The molecule has 0 unspecified atom stereocenters. The second kappa shape index (κ2) is 11.6. The van der Waals surface area contributed by atoms with Gasteiger partial charge in [0, 0.05) is 37.0 Å². The fourth-order valence-electron chi connectivity index (χ4n) is 3.71. The van der Waals surface area contributed by atoms with Gasteiger partial charge in [-0.05, 0) is 50.5 Å². The number of rotatable bonds is 8. The molecule has 0 bridgehead atoms. The van der Waals surface area contributed by atoms with Crippen LogP contribution in [0, 0.1) is 0 Å². The summed E-state index contributed by atoms with van der Waals surface area (Å²) in [5, 5.41) is 3.57. The van der Waals surface area contributed by atoms with E-state index in [1.54, 1.807) is 6.20 Å². The summed E-state index contributed by atoms with van der Waals surface area (Å²) >= 11 is 0. The van der Waals surface area contributed by atoms with Gasteiger partial charge in [0.1, 0.15) is 11.3 Å². The molecule has 0 aliphatic rings. The minimum atomic E-state index is -0.540. The van der Waals surface area contributed by atoms with Gasteiger partial charge in [0.15, 0.2) is 5.78 Å². The first-order chi connectivity index (χ1) is 16.7. The molecule has 0 aliphatic carbocycles. The lowest BCUT2D eigenvalue weighted by atomic mass is 9.98. The third-order valence-electron chi connectivity index (χ3n) is 5.19. The molecule has 6 heteroatoms. The van der Waals surface area contributed by atoms with Crippen molar-refractivity contribution < 1.29 is 14.3 Å². The molecule has 0 aliphatic heterocycles. The summed E-state index contributed by atoms with van der Waals surface area (Å²) < 4.78 is 5.33. The molecular formula is C29H33N3O3. The van der Waals surface area contributed by atoms with Gasteiger partial charge in [-0.25, -0.2) is 4.79 Å². The first-order valence-corrected chi connectivity index (χ1v) is 11.9. The summed E-state index contributed by atoms with van der Waals surface area (Å²) in [6.45, 7) is 9.47. The summed E-state index contributed by atoms with van der Waals surface area (Å²) in [5.41, 5.74) is 4.51. The predicted molar refractivity (Wildman–Crippen MR) is 140 cm³/mol. The molecule has 3 rings (SSSR count). The smallest absolute Gasteiger partial charge is 0.407 e. The fraction of sp³-hybridized carbons (Fsp3) is 0.310. The normalized spacial score (nSPS) is 12.2. The second-order valence-electron chi connectivity index (χ2n) is 9.28. The Labute approximate surface area is 207 Å². The summed E-state index contributed by atoms with van der Waals surface area (Å²) in [4.78, 5) is 33.4. The molecule has 0 fully saturated rings. The van der Waals surface area contributed by atoms with E-state index in [-0.39, 0.29) is 5.78 Å². The van der Waals surface area contributed by atoms with Gasteiger partial charge in [-0.2, -0.15) is 0 Å². The zero-order chi connectivity index (χ0) is 25.4. The number of benzene rings is 1. The highest BCUT2D eigenvalue weighted by atomic mass is 16.6. The number of allylic oxidation sites excluding steroid dienone is 2. The number of Topliss-reactive ketones (excluding diaryl/α,β-unsaturated/α-hetero) is 1. The van der Waals surface area contributed by atoms with Crippen LogP contribution < -0.4 is 5.32 Å². The van der Waals surface area contributed by atoms with E-state index < -0.39 is 11.7 Å². The summed E-state index contributed by atoms with van der Waals surface area (Å²) in [5.74, 6) is -0.0871. The number of hydrogen-bond donors (Lipinski definition) is 1.